The van der Waals surface area contributed by atoms with Crippen molar-refractivity contribution in [1.82, 2.24) is 8.87 Å². The number of thiazole rings is 1. The first-order valence-electron chi connectivity index (χ1n) is 11.4. The van der Waals surface area contributed by atoms with E-state index in [1.54, 1.807) is 36.6 Å². The van der Waals surface area contributed by atoms with E-state index in [1.807, 2.05) is 55.6 Å². The van der Waals surface area contributed by atoms with Gasteiger partial charge in [0.05, 0.1) is 28.5 Å². The van der Waals surface area contributed by atoms with Gasteiger partial charge >= 0.3 is 0 Å². The van der Waals surface area contributed by atoms with Gasteiger partial charge in [-0.1, -0.05) is 30.3 Å². The summed E-state index contributed by atoms with van der Waals surface area (Å²) in [5.74, 6) is 0. The highest BCUT2D eigenvalue weighted by molar-refractivity contribution is 7.89. The summed E-state index contributed by atoms with van der Waals surface area (Å²) in [6.45, 7) is 5.86. The van der Waals surface area contributed by atoms with E-state index >= 15 is 0 Å². The molecule has 1 aromatic heterocycles. The third-order valence-corrected chi connectivity index (χ3v) is 8.35. The van der Waals surface area contributed by atoms with Crippen LogP contribution in [-0.2, 0) is 26.0 Å². The van der Waals surface area contributed by atoms with Gasteiger partial charge in [-0.25, -0.2) is 13.4 Å². The van der Waals surface area contributed by atoms with E-state index in [-0.39, 0.29) is 12.2 Å². The van der Waals surface area contributed by atoms with Gasteiger partial charge < -0.3 is 14.0 Å². The van der Waals surface area contributed by atoms with Crippen molar-refractivity contribution in [3.8, 4) is 11.3 Å². The van der Waals surface area contributed by atoms with Crippen molar-refractivity contribution in [3.05, 3.63) is 64.8 Å². The summed E-state index contributed by atoms with van der Waals surface area (Å²) in [5, 5.41) is 2.04. The predicted octanol–water partition coefficient (Wildman–Crippen LogP) is 4.28. The lowest BCUT2D eigenvalue weighted by Crippen LogP contribution is -2.48. The van der Waals surface area contributed by atoms with Gasteiger partial charge in [0.15, 0.2) is 4.80 Å². The van der Waals surface area contributed by atoms with Gasteiger partial charge in [-0.15, -0.1) is 11.3 Å². The first kappa shape index (κ1) is 24.8. The minimum Gasteiger partial charge on any atom is -0.385 e. The molecule has 0 unspecified atom stereocenters. The van der Waals surface area contributed by atoms with Crippen molar-refractivity contribution in [2.75, 3.05) is 26.8 Å². The Kier molecular flexibility index (Phi) is 8.00. The third-order valence-electron chi connectivity index (χ3n) is 5.66. The SMILES string of the molecule is COCCCn1c(-c2cccc(S(=O)(=O)N3C[C@@H](C)O[C@@H](C)C3)c2)csc1=Nc1ccccc1. The van der Waals surface area contributed by atoms with Crippen LogP contribution in [-0.4, -0.2) is 56.3 Å². The highest BCUT2D eigenvalue weighted by Crippen LogP contribution is 2.27. The molecule has 2 heterocycles. The summed E-state index contributed by atoms with van der Waals surface area (Å²) in [6, 6.07) is 17.0. The molecule has 3 aromatic rings. The van der Waals surface area contributed by atoms with E-state index in [4.69, 9.17) is 14.5 Å². The van der Waals surface area contributed by atoms with E-state index in [9.17, 15) is 8.42 Å². The number of hydrogen-bond donors (Lipinski definition) is 0. The third kappa shape index (κ3) is 5.67. The van der Waals surface area contributed by atoms with Crippen LogP contribution in [0, 0.1) is 0 Å². The minimum absolute atomic E-state index is 0.135. The van der Waals surface area contributed by atoms with Crippen LogP contribution >= 0.6 is 11.3 Å². The van der Waals surface area contributed by atoms with Crippen LogP contribution in [0.3, 0.4) is 0 Å². The van der Waals surface area contributed by atoms with Gasteiger partial charge in [0.25, 0.3) is 0 Å². The fraction of sp³-hybridized carbons (Fsp3) is 0.400. The Hall–Kier alpha value is -2.30. The van der Waals surface area contributed by atoms with Gasteiger partial charge in [0, 0.05) is 44.3 Å². The van der Waals surface area contributed by atoms with Gasteiger partial charge in [-0.2, -0.15) is 4.31 Å². The maximum Gasteiger partial charge on any atom is 0.243 e. The Balaban J connectivity index is 1.72. The largest absolute Gasteiger partial charge is 0.385 e. The molecule has 1 fully saturated rings. The number of rotatable bonds is 8. The number of benzene rings is 2. The van der Waals surface area contributed by atoms with E-state index in [0.29, 0.717) is 31.1 Å². The average Bonchev–Trinajstić information content (AvgIpc) is 3.21. The Morgan fingerprint density at radius 2 is 1.82 bits per heavy atom. The molecule has 1 aliphatic rings. The quantitative estimate of drug-likeness (QED) is 0.432. The first-order chi connectivity index (χ1) is 16.4. The van der Waals surface area contributed by atoms with Crippen molar-refractivity contribution in [2.45, 2.75) is 43.9 Å². The van der Waals surface area contributed by atoms with Crippen molar-refractivity contribution in [2.24, 2.45) is 4.99 Å². The number of aromatic nitrogens is 1. The van der Waals surface area contributed by atoms with Crippen LogP contribution in [0.1, 0.15) is 20.3 Å². The van der Waals surface area contributed by atoms with Gasteiger partial charge in [-0.05, 0) is 44.5 Å². The molecule has 0 radical (unpaired) electrons. The Morgan fingerprint density at radius 1 is 1.09 bits per heavy atom. The summed E-state index contributed by atoms with van der Waals surface area (Å²) in [5.41, 5.74) is 2.67. The van der Waals surface area contributed by atoms with Crippen LogP contribution in [0.5, 0.6) is 0 Å². The molecule has 0 saturated carbocycles. The van der Waals surface area contributed by atoms with Crippen LogP contribution < -0.4 is 4.80 Å². The molecular formula is C25H31N3O4S2. The second-order valence-corrected chi connectivity index (χ2v) is 11.2. The molecule has 182 valence electrons. The number of para-hydroxylation sites is 1. The van der Waals surface area contributed by atoms with Crippen molar-refractivity contribution in [1.29, 1.82) is 0 Å². The van der Waals surface area contributed by atoms with E-state index < -0.39 is 10.0 Å². The molecule has 7 nitrogen and oxygen atoms in total. The highest BCUT2D eigenvalue weighted by Gasteiger charge is 2.32. The molecule has 0 bridgehead atoms. The number of nitrogens with zero attached hydrogens (tertiary/aromatic N) is 3. The summed E-state index contributed by atoms with van der Waals surface area (Å²) in [7, 11) is -1.94. The minimum atomic E-state index is -3.63. The first-order valence-corrected chi connectivity index (χ1v) is 13.7. The molecule has 0 amide bonds. The van der Waals surface area contributed by atoms with Crippen LogP contribution in [0.15, 0.2) is 69.9 Å². The lowest BCUT2D eigenvalue weighted by molar-refractivity contribution is -0.0440. The Labute approximate surface area is 205 Å². The lowest BCUT2D eigenvalue weighted by atomic mass is 10.2. The second-order valence-electron chi connectivity index (χ2n) is 8.46. The Morgan fingerprint density at radius 3 is 2.53 bits per heavy atom. The molecule has 0 spiro atoms. The van der Waals surface area contributed by atoms with Crippen molar-refractivity contribution < 1.29 is 17.9 Å². The normalized spacial score (nSPS) is 20.0. The predicted molar refractivity (Wildman–Crippen MR) is 135 cm³/mol. The Bertz CT molecular complexity index is 1260. The smallest absolute Gasteiger partial charge is 0.243 e. The van der Waals surface area contributed by atoms with Crippen molar-refractivity contribution >= 4 is 27.0 Å². The molecule has 0 aliphatic carbocycles. The zero-order chi connectivity index (χ0) is 24.1. The monoisotopic (exact) mass is 501 g/mol. The standard InChI is InChI=1S/C25H31N3O4S2/c1-19-16-27(17-20(2)32-19)34(29,30)23-12-7-9-21(15-23)24-18-33-25(28(24)13-8-14-31-3)26-22-10-5-4-6-11-22/h4-7,9-12,15,18-20H,8,13-14,16-17H2,1-3H3/t19-,20+. The number of morpholine rings is 1. The summed E-state index contributed by atoms with van der Waals surface area (Å²) >= 11 is 1.54. The zero-order valence-corrected chi connectivity index (χ0v) is 21.4. The maximum atomic E-state index is 13.4. The second kappa shape index (κ2) is 11.0. The van der Waals surface area contributed by atoms with Crippen LogP contribution in [0.2, 0.25) is 0 Å². The molecule has 2 aromatic carbocycles. The molecule has 0 N–H and O–H groups in total. The van der Waals surface area contributed by atoms with Gasteiger partial charge in [0.2, 0.25) is 10.0 Å². The summed E-state index contributed by atoms with van der Waals surface area (Å²) < 4.78 is 41.5. The average molecular weight is 502 g/mol. The van der Waals surface area contributed by atoms with Gasteiger partial charge in [-0.3, -0.25) is 0 Å². The van der Waals surface area contributed by atoms with Gasteiger partial charge in [0.1, 0.15) is 0 Å². The summed E-state index contributed by atoms with van der Waals surface area (Å²) in [6.07, 6.45) is 0.552. The van der Waals surface area contributed by atoms with E-state index in [1.165, 1.54) is 4.31 Å². The molecule has 9 heteroatoms. The number of ether oxygens (including phenoxy) is 2. The highest BCUT2D eigenvalue weighted by atomic mass is 32.2. The fourth-order valence-corrected chi connectivity index (χ4v) is 6.73. The molecule has 1 aliphatic heterocycles. The molecule has 2 atom stereocenters. The zero-order valence-electron chi connectivity index (χ0n) is 19.8. The molecule has 34 heavy (non-hydrogen) atoms. The molecule has 4 rings (SSSR count). The lowest BCUT2D eigenvalue weighted by Gasteiger charge is -2.34. The number of sulfonamides is 1. The van der Waals surface area contributed by atoms with Crippen LogP contribution in [0.25, 0.3) is 11.3 Å². The fourth-order valence-electron chi connectivity index (χ4n) is 4.14. The molecular weight excluding hydrogens is 470 g/mol. The topological polar surface area (TPSA) is 73.1 Å². The summed E-state index contributed by atoms with van der Waals surface area (Å²) in [4.78, 5) is 5.98. The van der Waals surface area contributed by atoms with Crippen molar-refractivity contribution in [3.63, 3.8) is 0 Å². The number of hydrogen-bond acceptors (Lipinski definition) is 6. The number of methoxy groups -OCH3 is 1. The van der Waals surface area contributed by atoms with E-state index in [2.05, 4.69) is 4.57 Å². The van der Waals surface area contributed by atoms with E-state index in [0.717, 1.165) is 28.2 Å². The van der Waals surface area contributed by atoms with Crippen LogP contribution in [0.4, 0.5) is 5.69 Å². The maximum absolute atomic E-state index is 13.4. The molecule has 1 saturated heterocycles.